The largest absolute Gasteiger partial charge is 0.474 e. The molecule has 1 atom stereocenters. The van der Waals surface area contributed by atoms with Gasteiger partial charge in [-0.2, -0.15) is 23.1 Å². The Morgan fingerprint density at radius 1 is 1.06 bits per heavy atom. The fourth-order valence-corrected chi connectivity index (χ4v) is 3.44. The minimum atomic E-state index is -5.09. The maximum Gasteiger partial charge on any atom is 0.418 e. The van der Waals surface area contributed by atoms with Gasteiger partial charge in [-0.1, -0.05) is 6.92 Å². The number of fused-ring (bicyclic) bond motifs is 1. The number of pyridine rings is 2. The van der Waals surface area contributed by atoms with Crippen LogP contribution in [0.15, 0.2) is 0 Å². The fraction of sp³-hybridized carbons (Fsp3) is 0.455. The Morgan fingerprint density at radius 3 is 2.33 bits per heavy atom. The minimum absolute atomic E-state index is 0.0406. The van der Waals surface area contributed by atoms with Gasteiger partial charge in [0.25, 0.3) is 0 Å². The average molecular weight is 515 g/mol. The van der Waals surface area contributed by atoms with Crippen molar-refractivity contribution in [2.75, 3.05) is 38.3 Å². The van der Waals surface area contributed by atoms with Gasteiger partial charge in [-0.05, 0) is 27.3 Å². The zero-order valence-corrected chi connectivity index (χ0v) is 20.3. The van der Waals surface area contributed by atoms with E-state index in [1.165, 1.54) is 7.11 Å². The molecule has 0 saturated heterocycles. The number of nitrogens with two attached hydrogens (primary N) is 1. The molecule has 0 radical (unpaired) electrons. The van der Waals surface area contributed by atoms with E-state index in [0.717, 1.165) is 6.92 Å². The highest BCUT2D eigenvalue weighted by Crippen LogP contribution is 2.44. The van der Waals surface area contributed by atoms with Crippen LogP contribution in [0.1, 0.15) is 31.5 Å². The first-order valence-corrected chi connectivity index (χ1v) is 11.0. The van der Waals surface area contributed by atoms with Crippen LogP contribution < -0.4 is 25.8 Å². The Labute approximate surface area is 203 Å². The highest BCUT2D eigenvalue weighted by atomic mass is 19.4. The summed E-state index contributed by atoms with van der Waals surface area (Å²) in [6.07, 6.45) is -5.09. The summed E-state index contributed by atoms with van der Waals surface area (Å²) < 4.78 is 83.9. The lowest BCUT2D eigenvalue weighted by molar-refractivity contribution is -0.138. The number of methoxy groups -OCH3 is 1. The van der Waals surface area contributed by atoms with E-state index in [2.05, 4.69) is 30.6 Å². The quantitative estimate of drug-likeness (QED) is 0.286. The third kappa shape index (κ3) is 5.17. The topological polar surface area (TPSA) is 120 Å². The number of hydrogen-bond donors (Lipinski definition) is 3. The number of alkyl halides is 3. The SMILES string of the molecule is CCC(C)Oc1nc(-c2c(F)c(N)nc(C)c2C(F)(F)F)c(F)c2nc(OC)nc(NCCNC)c12. The highest BCUT2D eigenvalue weighted by molar-refractivity contribution is 5.96. The molecule has 0 bridgehead atoms. The molecular weight excluding hydrogens is 489 g/mol. The van der Waals surface area contributed by atoms with E-state index in [1.54, 1.807) is 20.9 Å². The number of nitrogens with one attached hydrogen (secondary N) is 2. The van der Waals surface area contributed by atoms with Gasteiger partial charge in [-0.25, -0.2) is 18.7 Å². The molecule has 0 aliphatic rings. The number of anilines is 2. The van der Waals surface area contributed by atoms with Gasteiger partial charge >= 0.3 is 12.2 Å². The third-order valence-electron chi connectivity index (χ3n) is 5.33. The molecule has 0 saturated carbocycles. The summed E-state index contributed by atoms with van der Waals surface area (Å²) >= 11 is 0. The summed E-state index contributed by atoms with van der Waals surface area (Å²) in [5.41, 5.74) is 0.715. The monoisotopic (exact) mass is 515 g/mol. The Bertz CT molecular complexity index is 1270. The fourth-order valence-electron chi connectivity index (χ4n) is 3.44. The minimum Gasteiger partial charge on any atom is -0.474 e. The maximum atomic E-state index is 16.0. The van der Waals surface area contributed by atoms with Crippen LogP contribution in [0.3, 0.4) is 0 Å². The summed E-state index contributed by atoms with van der Waals surface area (Å²) in [6, 6.07) is -0.276. The number of hydrogen-bond acceptors (Lipinski definition) is 9. The van der Waals surface area contributed by atoms with Gasteiger partial charge in [0, 0.05) is 13.1 Å². The van der Waals surface area contributed by atoms with Crippen molar-refractivity contribution in [3.05, 3.63) is 22.9 Å². The van der Waals surface area contributed by atoms with Crippen LogP contribution in [0.25, 0.3) is 22.2 Å². The summed E-state index contributed by atoms with van der Waals surface area (Å²) in [4.78, 5) is 15.6. The standard InChI is InChI=1S/C22H26F5N7O2/c1-6-9(2)36-20-12-17(33-21(35-5)34-19(12)30-8-7-29-4)15(24)16(32-20)11-13(22(25,26)27)10(3)31-18(28)14(11)23/h9,29H,6-8H2,1-5H3,(H2,28,31)(H,30,33,34). The normalized spacial score (nSPS) is 12.6. The van der Waals surface area contributed by atoms with Gasteiger partial charge < -0.3 is 25.8 Å². The summed E-state index contributed by atoms with van der Waals surface area (Å²) in [7, 11) is 2.96. The zero-order chi connectivity index (χ0) is 26.8. The third-order valence-corrected chi connectivity index (χ3v) is 5.33. The van der Waals surface area contributed by atoms with E-state index in [-0.39, 0.29) is 23.1 Å². The molecule has 3 heterocycles. The van der Waals surface area contributed by atoms with Crippen LogP contribution in [-0.2, 0) is 6.18 Å². The number of likely N-dealkylation sites (N-methyl/N-ethyl adjacent to an activating group) is 1. The number of nitrogen functional groups attached to an aromatic ring is 1. The number of halogens is 5. The summed E-state index contributed by atoms with van der Waals surface area (Å²) in [5, 5.41) is 5.87. The molecule has 0 aliphatic heterocycles. The second kappa shape index (κ2) is 10.6. The Balaban J connectivity index is 2.48. The first-order chi connectivity index (χ1) is 16.9. The average Bonchev–Trinajstić information content (AvgIpc) is 2.81. The highest BCUT2D eigenvalue weighted by Gasteiger charge is 2.40. The number of rotatable bonds is 9. The smallest absolute Gasteiger partial charge is 0.418 e. The van der Waals surface area contributed by atoms with Gasteiger partial charge in [0.15, 0.2) is 17.5 Å². The van der Waals surface area contributed by atoms with Gasteiger partial charge in [0.2, 0.25) is 5.88 Å². The number of ether oxygens (including phenoxy) is 2. The molecule has 0 spiro atoms. The van der Waals surface area contributed by atoms with Gasteiger partial charge in [0.1, 0.15) is 22.4 Å². The Kier molecular flexibility index (Phi) is 7.96. The van der Waals surface area contributed by atoms with Gasteiger partial charge in [-0.15, -0.1) is 0 Å². The van der Waals surface area contributed by atoms with Crippen molar-refractivity contribution in [1.29, 1.82) is 0 Å². The second-order valence-corrected chi connectivity index (χ2v) is 7.87. The van der Waals surface area contributed by atoms with Crippen molar-refractivity contribution in [1.82, 2.24) is 25.3 Å². The van der Waals surface area contributed by atoms with E-state index in [9.17, 15) is 13.2 Å². The van der Waals surface area contributed by atoms with Crippen LogP contribution in [0.2, 0.25) is 0 Å². The molecule has 3 aromatic heterocycles. The lowest BCUT2D eigenvalue weighted by Gasteiger charge is -2.20. The van der Waals surface area contributed by atoms with Crippen molar-refractivity contribution in [3.8, 4) is 23.1 Å². The number of aryl methyl sites for hydroxylation is 1. The van der Waals surface area contributed by atoms with E-state index in [0.29, 0.717) is 19.5 Å². The van der Waals surface area contributed by atoms with Crippen molar-refractivity contribution < 1.29 is 31.4 Å². The van der Waals surface area contributed by atoms with Crippen molar-refractivity contribution in [3.63, 3.8) is 0 Å². The van der Waals surface area contributed by atoms with Crippen molar-refractivity contribution in [2.45, 2.75) is 39.5 Å². The summed E-state index contributed by atoms with van der Waals surface area (Å²) in [5.74, 6) is -3.96. The number of nitrogens with zero attached hydrogens (tertiary/aromatic N) is 4. The molecule has 0 aliphatic carbocycles. The molecule has 3 rings (SSSR count). The van der Waals surface area contributed by atoms with Crippen LogP contribution >= 0.6 is 0 Å². The van der Waals surface area contributed by atoms with Crippen LogP contribution in [-0.4, -0.2) is 53.3 Å². The second-order valence-electron chi connectivity index (χ2n) is 7.87. The molecular formula is C22H26F5N7O2. The zero-order valence-electron chi connectivity index (χ0n) is 20.3. The van der Waals surface area contributed by atoms with Crippen LogP contribution in [0.5, 0.6) is 11.9 Å². The van der Waals surface area contributed by atoms with Crippen molar-refractivity contribution >= 4 is 22.5 Å². The van der Waals surface area contributed by atoms with E-state index in [4.69, 9.17) is 15.2 Å². The van der Waals surface area contributed by atoms with E-state index < -0.39 is 57.8 Å². The van der Waals surface area contributed by atoms with Crippen molar-refractivity contribution in [2.24, 2.45) is 0 Å². The van der Waals surface area contributed by atoms with Gasteiger partial charge in [0.05, 0.1) is 30.0 Å². The molecule has 4 N–H and O–H groups in total. The number of aromatic nitrogens is 4. The molecule has 9 nitrogen and oxygen atoms in total. The maximum absolute atomic E-state index is 16.0. The van der Waals surface area contributed by atoms with Gasteiger partial charge in [-0.3, -0.25) is 0 Å². The predicted molar refractivity (Wildman–Crippen MR) is 124 cm³/mol. The molecule has 0 fully saturated rings. The molecule has 36 heavy (non-hydrogen) atoms. The lowest BCUT2D eigenvalue weighted by Crippen LogP contribution is -2.20. The van der Waals surface area contributed by atoms with Crippen LogP contribution in [0, 0.1) is 18.6 Å². The van der Waals surface area contributed by atoms with Crippen LogP contribution in [0.4, 0.5) is 33.6 Å². The molecule has 0 aromatic carbocycles. The first kappa shape index (κ1) is 27.0. The molecule has 1 unspecified atom stereocenters. The summed E-state index contributed by atoms with van der Waals surface area (Å²) in [6.45, 7) is 5.32. The molecule has 0 amide bonds. The lowest BCUT2D eigenvalue weighted by atomic mass is 10.0. The predicted octanol–water partition coefficient (Wildman–Crippen LogP) is 4.09. The first-order valence-electron chi connectivity index (χ1n) is 11.0. The van der Waals surface area contributed by atoms with E-state index >= 15 is 8.78 Å². The van der Waals surface area contributed by atoms with E-state index in [1.807, 2.05) is 0 Å². The molecule has 196 valence electrons. The Morgan fingerprint density at radius 2 is 1.75 bits per heavy atom. The Hall–Kier alpha value is -3.55. The molecule has 14 heteroatoms. The molecule has 3 aromatic rings.